The molecule has 22 heavy (non-hydrogen) atoms. The molecule has 3 amide bonds. The lowest BCUT2D eigenvalue weighted by atomic mass is 10.2. The van der Waals surface area contributed by atoms with Crippen molar-refractivity contribution in [2.75, 3.05) is 26.2 Å². The largest absolute Gasteiger partial charge is 0.336 e. The molecule has 116 valence electrons. The van der Waals surface area contributed by atoms with Crippen molar-refractivity contribution in [1.82, 2.24) is 25.1 Å². The number of piperazine rings is 1. The van der Waals surface area contributed by atoms with Crippen LogP contribution in [0.5, 0.6) is 0 Å². The maximum absolute atomic E-state index is 12.6. The van der Waals surface area contributed by atoms with Crippen molar-refractivity contribution in [3.05, 3.63) is 27.9 Å². The Labute approximate surface area is 126 Å². The Morgan fingerprint density at radius 2 is 2.09 bits per heavy atom. The number of hydrogen-bond donors (Lipinski definition) is 2. The van der Waals surface area contributed by atoms with Gasteiger partial charge in [0.1, 0.15) is 11.5 Å². The van der Waals surface area contributed by atoms with Gasteiger partial charge < -0.3 is 20.1 Å². The molecule has 1 unspecified atom stereocenters. The number of nitrogens with one attached hydrogen (secondary N) is 2. The molecule has 3 aliphatic rings. The Bertz CT molecular complexity index is 696. The molecule has 0 aromatic carbocycles. The number of H-pyrrole nitrogens is 1. The first-order chi connectivity index (χ1) is 10.6. The van der Waals surface area contributed by atoms with Crippen LogP contribution in [0.15, 0.2) is 10.9 Å². The molecule has 1 aromatic rings. The van der Waals surface area contributed by atoms with Crippen molar-refractivity contribution in [2.24, 2.45) is 0 Å². The summed E-state index contributed by atoms with van der Waals surface area (Å²) >= 11 is 0. The third-order valence-corrected chi connectivity index (χ3v) is 4.46. The van der Waals surface area contributed by atoms with Gasteiger partial charge in [-0.2, -0.15) is 0 Å². The summed E-state index contributed by atoms with van der Waals surface area (Å²) in [5.41, 5.74) is -0.0759. The van der Waals surface area contributed by atoms with Gasteiger partial charge in [0.15, 0.2) is 0 Å². The molecule has 0 bridgehead atoms. The summed E-state index contributed by atoms with van der Waals surface area (Å²) in [6, 6.07) is 1.20. The molecule has 1 aliphatic carbocycles. The minimum Gasteiger partial charge on any atom is -0.336 e. The van der Waals surface area contributed by atoms with Crippen molar-refractivity contribution in [3.8, 4) is 0 Å². The second-order valence-electron chi connectivity index (χ2n) is 6.07. The van der Waals surface area contributed by atoms with Gasteiger partial charge in [0.25, 0.3) is 11.5 Å². The van der Waals surface area contributed by atoms with Crippen LogP contribution in [-0.2, 0) is 0 Å². The average Bonchev–Trinajstić information content (AvgIpc) is 3.30. The van der Waals surface area contributed by atoms with Crippen LogP contribution in [0.3, 0.4) is 0 Å². The van der Waals surface area contributed by atoms with Gasteiger partial charge in [-0.15, -0.1) is 0 Å². The van der Waals surface area contributed by atoms with E-state index >= 15 is 0 Å². The standard InChI is InChI=1S/C14H17N5O3/c20-11-5-10(16-12(17-11)8-1-2-8)13(21)18-3-4-19-9(7-18)6-15-14(19)22/h5,8-9H,1-4,6-7H2,(H,15,22)(H,16,17,20). The molecule has 2 aliphatic heterocycles. The van der Waals surface area contributed by atoms with Gasteiger partial charge in [0, 0.05) is 38.2 Å². The number of nitrogens with zero attached hydrogens (tertiary/aromatic N) is 3. The first-order valence-electron chi connectivity index (χ1n) is 7.57. The number of urea groups is 1. The fourth-order valence-corrected chi connectivity index (χ4v) is 3.09. The molecule has 4 rings (SSSR count). The fraction of sp³-hybridized carbons (Fsp3) is 0.571. The number of carbonyl (C=O) groups is 2. The normalized spacial score (nSPS) is 24.2. The van der Waals surface area contributed by atoms with Crippen LogP contribution < -0.4 is 10.9 Å². The lowest BCUT2D eigenvalue weighted by Crippen LogP contribution is -2.54. The van der Waals surface area contributed by atoms with Gasteiger partial charge in [0.05, 0.1) is 6.04 Å². The number of aromatic nitrogens is 2. The van der Waals surface area contributed by atoms with E-state index in [1.54, 1.807) is 9.80 Å². The predicted octanol–water partition coefficient (Wildman–Crippen LogP) is -0.503. The Hall–Kier alpha value is -2.38. The van der Waals surface area contributed by atoms with Gasteiger partial charge in [-0.3, -0.25) is 9.59 Å². The van der Waals surface area contributed by atoms with Crippen LogP contribution >= 0.6 is 0 Å². The predicted molar refractivity (Wildman–Crippen MR) is 76.6 cm³/mol. The molecule has 1 saturated carbocycles. The zero-order chi connectivity index (χ0) is 15.3. The third kappa shape index (κ3) is 2.24. The van der Waals surface area contributed by atoms with Crippen molar-refractivity contribution in [2.45, 2.75) is 24.8 Å². The smallest absolute Gasteiger partial charge is 0.317 e. The molecule has 3 fully saturated rings. The number of rotatable bonds is 2. The highest BCUT2D eigenvalue weighted by molar-refractivity contribution is 5.92. The quantitative estimate of drug-likeness (QED) is 0.769. The summed E-state index contributed by atoms with van der Waals surface area (Å²) in [7, 11) is 0. The highest BCUT2D eigenvalue weighted by atomic mass is 16.2. The molecule has 1 atom stereocenters. The molecule has 3 heterocycles. The van der Waals surface area contributed by atoms with E-state index < -0.39 is 0 Å². The molecular weight excluding hydrogens is 286 g/mol. The van der Waals surface area contributed by atoms with E-state index in [0.717, 1.165) is 12.8 Å². The SMILES string of the molecule is O=C(c1cc(=O)[nH]c(C2CC2)n1)N1CCN2C(=O)NCC2C1. The molecule has 8 nitrogen and oxygen atoms in total. The lowest BCUT2D eigenvalue weighted by molar-refractivity contribution is 0.0610. The topological polar surface area (TPSA) is 98.4 Å². The van der Waals surface area contributed by atoms with Crippen LogP contribution in [0.4, 0.5) is 4.79 Å². The van der Waals surface area contributed by atoms with E-state index in [9.17, 15) is 14.4 Å². The van der Waals surface area contributed by atoms with Gasteiger partial charge in [-0.05, 0) is 12.8 Å². The van der Waals surface area contributed by atoms with E-state index in [2.05, 4.69) is 15.3 Å². The zero-order valence-corrected chi connectivity index (χ0v) is 12.0. The van der Waals surface area contributed by atoms with Gasteiger partial charge >= 0.3 is 6.03 Å². The van der Waals surface area contributed by atoms with Gasteiger partial charge in [-0.25, -0.2) is 9.78 Å². The molecule has 0 radical (unpaired) electrons. The van der Waals surface area contributed by atoms with Gasteiger partial charge in [0.2, 0.25) is 0 Å². The second kappa shape index (κ2) is 4.82. The van der Waals surface area contributed by atoms with Crippen LogP contribution in [0, 0.1) is 0 Å². The molecule has 2 N–H and O–H groups in total. The minimum absolute atomic E-state index is 0.00935. The number of carbonyl (C=O) groups excluding carboxylic acids is 2. The third-order valence-electron chi connectivity index (χ3n) is 4.46. The molecule has 8 heteroatoms. The van der Waals surface area contributed by atoms with Crippen LogP contribution in [-0.4, -0.2) is 63.9 Å². The van der Waals surface area contributed by atoms with Crippen molar-refractivity contribution < 1.29 is 9.59 Å². The number of amides is 3. The summed E-state index contributed by atoms with van der Waals surface area (Å²) in [4.78, 5) is 46.4. The lowest BCUT2D eigenvalue weighted by Gasteiger charge is -2.36. The summed E-state index contributed by atoms with van der Waals surface area (Å²) in [5.74, 6) is 0.674. The van der Waals surface area contributed by atoms with Crippen molar-refractivity contribution >= 4 is 11.9 Å². The first-order valence-corrected chi connectivity index (χ1v) is 7.57. The Kier molecular flexibility index (Phi) is 2.91. The summed E-state index contributed by atoms with van der Waals surface area (Å²) < 4.78 is 0. The monoisotopic (exact) mass is 303 g/mol. The first kappa shape index (κ1) is 13.3. The highest BCUT2D eigenvalue weighted by Gasteiger charge is 2.37. The molecule has 1 aromatic heterocycles. The Morgan fingerprint density at radius 1 is 1.27 bits per heavy atom. The Balaban J connectivity index is 1.54. The van der Waals surface area contributed by atoms with Gasteiger partial charge in [-0.1, -0.05) is 0 Å². The van der Waals surface area contributed by atoms with Crippen LogP contribution in [0.1, 0.15) is 35.1 Å². The van der Waals surface area contributed by atoms with Crippen LogP contribution in [0.2, 0.25) is 0 Å². The van der Waals surface area contributed by atoms with Crippen LogP contribution in [0.25, 0.3) is 0 Å². The van der Waals surface area contributed by atoms with Crippen molar-refractivity contribution in [1.29, 1.82) is 0 Å². The average molecular weight is 303 g/mol. The highest BCUT2D eigenvalue weighted by Crippen LogP contribution is 2.37. The van der Waals surface area contributed by atoms with E-state index in [-0.39, 0.29) is 35.2 Å². The Morgan fingerprint density at radius 3 is 2.86 bits per heavy atom. The number of fused-ring (bicyclic) bond motifs is 1. The minimum atomic E-state index is -0.281. The fourth-order valence-electron chi connectivity index (χ4n) is 3.09. The summed E-state index contributed by atoms with van der Waals surface area (Å²) in [5, 5.41) is 2.78. The molecular formula is C14H17N5O3. The number of aromatic amines is 1. The summed E-state index contributed by atoms with van der Waals surface area (Å²) in [6.45, 7) is 2.01. The van der Waals surface area contributed by atoms with E-state index in [1.165, 1.54) is 6.07 Å². The maximum Gasteiger partial charge on any atom is 0.317 e. The van der Waals surface area contributed by atoms with Crippen molar-refractivity contribution in [3.63, 3.8) is 0 Å². The molecule has 2 saturated heterocycles. The zero-order valence-electron chi connectivity index (χ0n) is 12.0. The molecule has 0 spiro atoms. The van der Waals surface area contributed by atoms with E-state index in [0.29, 0.717) is 32.0 Å². The summed E-state index contributed by atoms with van der Waals surface area (Å²) in [6.07, 6.45) is 2.02. The van der Waals surface area contributed by atoms with E-state index in [4.69, 9.17) is 0 Å². The maximum atomic E-state index is 12.6. The number of hydrogen-bond acceptors (Lipinski definition) is 4. The van der Waals surface area contributed by atoms with E-state index in [1.807, 2.05) is 0 Å². The second-order valence-corrected chi connectivity index (χ2v) is 6.07.